The van der Waals surface area contributed by atoms with Gasteiger partial charge in [0.2, 0.25) is 5.78 Å². The summed E-state index contributed by atoms with van der Waals surface area (Å²) in [5.74, 6) is -1.53. The number of aliphatic hydroxyl groups excluding tert-OH is 1. The molecule has 7 heteroatoms. The summed E-state index contributed by atoms with van der Waals surface area (Å²) < 4.78 is 5.69. The lowest BCUT2D eigenvalue weighted by molar-refractivity contribution is -0.129. The van der Waals surface area contributed by atoms with Crippen molar-refractivity contribution in [1.29, 1.82) is 0 Å². The number of Topliss-reactive ketones (excluding diaryl/α,β-unsaturated/α-hetero) is 1. The van der Waals surface area contributed by atoms with Crippen LogP contribution < -0.4 is 0 Å². The van der Waals surface area contributed by atoms with Crippen LogP contribution in [0.2, 0.25) is 0 Å². The Morgan fingerprint density at radius 2 is 2.03 bits per heavy atom. The highest BCUT2D eigenvalue weighted by molar-refractivity contribution is 6.15. The average Bonchev–Trinajstić information content (AvgIpc) is 3.26. The number of hydrogen-bond acceptors (Lipinski definition) is 6. The van der Waals surface area contributed by atoms with Gasteiger partial charge >= 0.3 is 0 Å². The van der Waals surface area contributed by atoms with Gasteiger partial charge in [-0.05, 0) is 37.9 Å². The Morgan fingerprint density at radius 1 is 1.24 bits per heavy atom. The number of amides is 1. The number of hydrogen-bond donors (Lipinski definition) is 1. The van der Waals surface area contributed by atoms with Crippen molar-refractivity contribution in [3.8, 4) is 0 Å². The number of para-hydroxylation sites is 1. The molecule has 4 rings (SSSR count). The molecule has 1 amide bonds. The summed E-state index contributed by atoms with van der Waals surface area (Å²) in [4.78, 5) is 33.7. The fourth-order valence-electron chi connectivity index (χ4n) is 3.53. The van der Waals surface area contributed by atoms with E-state index >= 15 is 0 Å². The van der Waals surface area contributed by atoms with E-state index in [4.69, 9.17) is 4.42 Å². The van der Waals surface area contributed by atoms with E-state index in [0.717, 1.165) is 5.39 Å². The minimum absolute atomic E-state index is 0.0146. The normalized spacial score (nSPS) is 17.0. The lowest BCUT2D eigenvalue weighted by atomic mass is 9.96. The third kappa shape index (κ3) is 3.40. The van der Waals surface area contributed by atoms with Gasteiger partial charge in [0, 0.05) is 30.9 Å². The predicted molar refractivity (Wildman–Crippen MR) is 107 cm³/mol. The smallest absolute Gasteiger partial charge is 0.290 e. The summed E-state index contributed by atoms with van der Waals surface area (Å²) in [7, 11) is 3.79. The molecule has 0 fully saturated rings. The minimum Gasteiger partial charge on any atom is -0.503 e. The molecule has 0 radical (unpaired) electrons. The number of rotatable bonds is 6. The Hall–Kier alpha value is -3.45. The largest absolute Gasteiger partial charge is 0.503 e. The Bertz CT molecular complexity index is 1070. The molecule has 1 atom stereocenters. The highest BCUT2D eigenvalue weighted by atomic mass is 16.3. The van der Waals surface area contributed by atoms with Gasteiger partial charge in [-0.15, -0.1) is 0 Å². The molecule has 1 aliphatic heterocycles. The molecule has 29 heavy (non-hydrogen) atoms. The third-order valence-corrected chi connectivity index (χ3v) is 4.99. The van der Waals surface area contributed by atoms with E-state index in [1.165, 1.54) is 4.90 Å². The molecule has 1 aromatic carbocycles. The number of benzene rings is 1. The van der Waals surface area contributed by atoms with Crippen molar-refractivity contribution in [2.24, 2.45) is 0 Å². The van der Waals surface area contributed by atoms with Crippen molar-refractivity contribution in [2.45, 2.75) is 6.04 Å². The van der Waals surface area contributed by atoms with Crippen LogP contribution in [-0.4, -0.2) is 58.8 Å². The van der Waals surface area contributed by atoms with Crippen LogP contribution in [0.3, 0.4) is 0 Å². The standard InChI is InChI=1S/C22H21N3O4/c1-24(2)10-11-25-19(15-7-5-9-23-13-15)18(21(27)22(25)28)20(26)17-12-14-6-3-4-8-16(14)29-17/h3-9,12-13,19,27H,10-11H2,1-2H3/t19-/m0/s1. The van der Waals surface area contributed by atoms with E-state index < -0.39 is 23.5 Å². The summed E-state index contributed by atoms with van der Waals surface area (Å²) in [6, 6.07) is 11.7. The highest BCUT2D eigenvalue weighted by Crippen LogP contribution is 2.39. The molecule has 0 spiro atoms. The number of ketones is 1. The highest BCUT2D eigenvalue weighted by Gasteiger charge is 2.44. The summed E-state index contributed by atoms with van der Waals surface area (Å²) >= 11 is 0. The Kier molecular flexibility index (Phi) is 4.90. The molecule has 0 aliphatic carbocycles. The van der Waals surface area contributed by atoms with Crippen molar-refractivity contribution < 1.29 is 19.1 Å². The van der Waals surface area contributed by atoms with Crippen molar-refractivity contribution in [2.75, 3.05) is 27.2 Å². The maximum atomic E-state index is 13.3. The number of pyridine rings is 1. The zero-order valence-corrected chi connectivity index (χ0v) is 16.2. The van der Waals surface area contributed by atoms with Gasteiger partial charge in [0.25, 0.3) is 5.91 Å². The van der Waals surface area contributed by atoms with E-state index in [0.29, 0.717) is 24.2 Å². The first-order chi connectivity index (χ1) is 14.0. The van der Waals surface area contributed by atoms with Crippen LogP contribution >= 0.6 is 0 Å². The van der Waals surface area contributed by atoms with Crippen LogP contribution in [0, 0.1) is 0 Å². The average molecular weight is 391 g/mol. The van der Waals surface area contributed by atoms with Gasteiger partial charge in [-0.25, -0.2) is 0 Å². The van der Waals surface area contributed by atoms with E-state index in [9.17, 15) is 14.7 Å². The topological polar surface area (TPSA) is 86.9 Å². The lowest BCUT2D eigenvalue weighted by Crippen LogP contribution is -2.36. The van der Waals surface area contributed by atoms with Gasteiger partial charge in [0.1, 0.15) is 5.58 Å². The van der Waals surface area contributed by atoms with Gasteiger partial charge < -0.3 is 19.3 Å². The number of aliphatic hydroxyl groups is 1. The quantitative estimate of drug-likeness (QED) is 0.650. The van der Waals surface area contributed by atoms with E-state index in [1.807, 2.05) is 37.2 Å². The second-order valence-corrected chi connectivity index (χ2v) is 7.23. The van der Waals surface area contributed by atoms with E-state index in [2.05, 4.69) is 4.98 Å². The number of nitrogens with zero attached hydrogens (tertiary/aromatic N) is 3. The second kappa shape index (κ2) is 7.52. The number of carbonyl (C=O) groups excluding carboxylic acids is 2. The van der Waals surface area contributed by atoms with Crippen LogP contribution in [0.25, 0.3) is 11.0 Å². The molecular formula is C22H21N3O4. The molecule has 1 aliphatic rings. The van der Waals surface area contributed by atoms with Crippen LogP contribution in [0.5, 0.6) is 0 Å². The van der Waals surface area contributed by atoms with Crippen LogP contribution in [-0.2, 0) is 4.79 Å². The van der Waals surface area contributed by atoms with Crippen LogP contribution in [0.15, 0.2) is 70.6 Å². The summed E-state index contributed by atoms with van der Waals surface area (Å²) in [6.45, 7) is 0.939. The first kappa shape index (κ1) is 18.9. The zero-order chi connectivity index (χ0) is 20.5. The predicted octanol–water partition coefficient (Wildman–Crippen LogP) is 2.97. The molecule has 2 aromatic heterocycles. The van der Waals surface area contributed by atoms with Crippen LogP contribution in [0.4, 0.5) is 0 Å². The summed E-state index contributed by atoms with van der Waals surface area (Å²) in [5.41, 5.74) is 1.24. The number of furan rings is 1. The fourth-order valence-corrected chi connectivity index (χ4v) is 3.53. The van der Waals surface area contributed by atoms with E-state index in [-0.39, 0.29) is 11.3 Å². The van der Waals surface area contributed by atoms with Crippen molar-refractivity contribution in [1.82, 2.24) is 14.8 Å². The molecule has 1 N–H and O–H groups in total. The number of fused-ring (bicyclic) bond motifs is 1. The number of carbonyl (C=O) groups is 2. The second-order valence-electron chi connectivity index (χ2n) is 7.23. The molecule has 0 saturated heterocycles. The monoisotopic (exact) mass is 391 g/mol. The van der Waals surface area contributed by atoms with Gasteiger partial charge in [0.15, 0.2) is 11.5 Å². The number of likely N-dealkylation sites (N-methyl/N-ethyl adjacent to an activating group) is 1. The van der Waals surface area contributed by atoms with Crippen LogP contribution in [0.1, 0.15) is 22.2 Å². The minimum atomic E-state index is -0.725. The van der Waals surface area contributed by atoms with Gasteiger partial charge in [0.05, 0.1) is 11.6 Å². The zero-order valence-electron chi connectivity index (χ0n) is 16.2. The molecule has 148 valence electrons. The molecule has 0 bridgehead atoms. The molecule has 0 saturated carbocycles. The molecule has 0 unspecified atom stereocenters. The van der Waals surface area contributed by atoms with Gasteiger partial charge in [-0.3, -0.25) is 14.6 Å². The van der Waals surface area contributed by atoms with E-state index in [1.54, 1.807) is 36.7 Å². The lowest BCUT2D eigenvalue weighted by Gasteiger charge is -2.27. The molecular weight excluding hydrogens is 370 g/mol. The Balaban J connectivity index is 1.78. The first-order valence-corrected chi connectivity index (χ1v) is 9.29. The fraction of sp³-hybridized carbons (Fsp3) is 0.227. The summed E-state index contributed by atoms with van der Waals surface area (Å²) in [6.07, 6.45) is 3.22. The Morgan fingerprint density at radius 3 is 2.72 bits per heavy atom. The van der Waals surface area contributed by atoms with Gasteiger partial charge in [-0.2, -0.15) is 0 Å². The SMILES string of the molecule is CN(C)CCN1C(=O)C(O)=C(C(=O)c2cc3ccccc3o2)[C@@H]1c1cccnc1. The molecule has 3 heterocycles. The van der Waals surface area contributed by atoms with Crippen molar-refractivity contribution in [3.05, 3.63) is 77.5 Å². The van der Waals surface area contributed by atoms with Crippen molar-refractivity contribution >= 4 is 22.7 Å². The maximum Gasteiger partial charge on any atom is 0.290 e. The molecule has 7 nitrogen and oxygen atoms in total. The Labute approximate surface area is 167 Å². The maximum absolute atomic E-state index is 13.3. The third-order valence-electron chi connectivity index (χ3n) is 4.99. The van der Waals surface area contributed by atoms with Crippen molar-refractivity contribution in [3.63, 3.8) is 0 Å². The van der Waals surface area contributed by atoms with Gasteiger partial charge in [-0.1, -0.05) is 24.3 Å². The first-order valence-electron chi connectivity index (χ1n) is 9.29. The summed E-state index contributed by atoms with van der Waals surface area (Å²) in [5, 5.41) is 11.4. The number of aromatic nitrogens is 1. The molecule has 3 aromatic rings.